The van der Waals surface area contributed by atoms with E-state index < -0.39 is 6.04 Å². The van der Waals surface area contributed by atoms with Crippen LogP contribution < -0.4 is 10.1 Å². The normalized spacial score (nSPS) is 17.2. The number of benzene rings is 1. The first-order valence-electron chi connectivity index (χ1n) is 7.29. The zero-order valence-electron chi connectivity index (χ0n) is 12.9. The maximum Gasteiger partial charge on any atom is 0.261 e. The predicted octanol–water partition coefficient (Wildman–Crippen LogP) is 1.73. The Labute approximate surface area is 133 Å². The highest BCUT2D eigenvalue weighted by Gasteiger charge is 2.30. The number of hydrogen-bond donors (Lipinski definition) is 1. The van der Waals surface area contributed by atoms with Crippen molar-refractivity contribution in [3.63, 3.8) is 0 Å². The fourth-order valence-corrected chi connectivity index (χ4v) is 2.41. The number of fused-ring (bicyclic) bond motifs is 1. The molecule has 0 bridgehead atoms. The summed E-state index contributed by atoms with van der Waals surface area (Å²) < 4.78 is 10.2. The van der Waals surface area contributed by atoms with E-state index in [0.717, 1.165) is 11.3 Å². The Bertz CT molecular complexity index is 740. The molecule has 2 amide bonds. The Morgan fingerprint density at radius 3 is 3.00 bits per heavy atom. The zero-order chi connectivity index (χ0) is 16.4. The lowest BCUT2D eigenvalue weighted by molar-refractivity contribution is -0.140. The van der Waals surface area contributed by atoms with Gasteiger partial charge in [0.2, 0.25) is 5.91 Å². The van der Waals surface area contributed by atoms with Gasteiger partial charge < -0.3 is 19.5 Å². The van der Waals surface area contributed by atoms with Gasteiger partial charge in [-0.05, 0) is 30.6 Å². The summed E-state index contributed by atoms with van der Waals surface area (Å²) >= 11 is 0. The number of anilines is 1. The van der Waals surface area contributed by atoms with Crippen LogP contribution >= 0.6 is 0 Å². The van der Waals surface area contributed by atoms with E-state index in [-0.39, 0.29) is 24.3 Å². The number of amides is 2. The number of nitrogens with one attached hydrogen (secondary N) is 1. The van der Waals surface area contributed by atoms with Gasteiger partial charge in [0.1, 0.15) is 11.8 Å². The Morgan fingerprint density at radius 1 is 1.48 bits per heavy atom. The molecule has 120 valence electrons. The fourth-order valence-electron chi connectivity index (χ4n) is 2.41. The van der Waals surface area contributed by atoms with E-state index in [1.54, 1.807) is 19.9 Å². The summed E-state index contributed by atoms with van der Waals surface area (Å²) in [5.41, 5.74) is 1.61. The summed E-state index contributed by atoms with van der Waals surface area (Å²) in [5, 5.41) is 6.51. The van der Waals surface area contributed by atoms with Gasteiger partial charge in [0.15, 0.2) is 6.61 Å². The van der Waals surface area contributed by atoms with Gasteiger partial charge in [-0.15, -0.1) is 0 Å². The SMILES string of the molecule is Cc1cc(OCC(=O)N2Cc3ccccc3NC(=O)C2C)no1. The minimum Gasteiger partial charge on any atom is -0.465 e. The summed E-state index contributed by atoms with van der Waals surface area (Å²) in [7, 11) is 0. The maximum atomic E-state index is 12.5. The molecule has 2 aromatic rings. The highest BCUT2D eigenvalue weighted by Crippen LogP contribution is 2.23. The van der Waals surface area contributed by atoms with Gasteiger partial charge in [0, 0.05) is 18.3 Å². The van der Waals surface area contributed by atoms with Crippen molar-refractivity contribution in [3.8, 4) is 5.88 Å². The number of rotatable bonds is 3. The van der Waals surface area contributed by atoms with Gasteiger partial charge >= 0.3 is 0 Å². The van der Waals surface area contributed by atoms with Crippen LogP contribution in [0.25, 0.3) is 0 Å². The minimum atomic E-state index is -0.586. The van der Waals surface area contributed by atoms with Crippen LogP contribution in [-0.2, 0) is 16.1 Å². The molecule has 2 heterocycles. The summed E-state index contributed by atoms with van der Waals surface area (Å²) in [4.78, 5) is 26.1. The fraction of sp³-hybridized carbons (Fsp3) is 0.312. The van der Waals surface area contributed by atoms with Crippen LogP contribution in [0.4, 0.5) is 5.69 Å². The number of aromatic nitrogens is 1. The van der Waals surface area contributed by atoms with Crippen molar-refractivity contribution in [3.05, 3.63) is 41.7 Å². The van der Waals surface area contributed by atoms with E-state index in [1.807, 2.05) is 24.3 Å². The number of carbonyl (C=O) groups excluding carboxylic acids is 2. The van der Waals surface area contributed by atoms with E-state index in [9.17, 15) is 9.59 Å². The largest absolute Gasteiger partial charge is 0.465 e. The van der Waals surface area contributed by atoms with Crippen LogP contribution in [-0.4, -0.2) is 34.5 Å². The van der Waals surface area contributed by atoms with Crippen LogP contribution in [0.2, 0.25) is 0 Å². The second-order valence-electron chi connectivity index (χ2n) is 5.41. The highest BCUT2D eigenvalue weighted by molar-refractivity contribution is 5.98. The molecule has 1 unspecified atom stereocenters. The lowest BCUT2D eigenvalue weighted by Crippen LogP contribution is -2.45. The first kappa shape index (κ1) is 15.1. The van der Waals surface area contributed by atoms with Gasteiger partial charge in [-0.2, -0.15) is 0 Å². The lowest BCUT2D eigenvalue weighted by atomic mass is 10.1. The summed E-state index contributed by atoms with van der Waals surface area (Å²) in [5.74, 6) is 0.345. The molecule has 7 nitrogen and oxygen atoms in total. The smallest absolute Gasteiger partial charge is 0.261 e. The average molecular weight is 315 g/mol. The van der Waals surface area contributed by atoms with E-state index in [2.05, 4.69) is 10.5 Å². The highest BCUT2D eigenvalue weighted by atomic mass is 16.5. The number of nitrogens with zero attached hydrogens (tertiary/aromatic N) is 2. The monoisotopic (exact) mass is 315 g/mol. The Hall–Kier alpha value is -2.83. The third kappa shape index (κ3) is 3.18. The van der Waals surface area contributed by atoms with Crippen LogP contribution in [0.5, 0.6) is 5.88 Å². The molecule has 1 aromatic carbocycles. The molecular weight excluding hydrogens is 298 g/mol. The molecule has 1 atom stereocenters. The first-order chi connectivity index (χ1) is 11.0. The molecule has 7 heteroatoms. The van der Waals surface area contributed by atoms with Crippen molar-refractivity contribution in [2.45, 2.75) is 26.4 Å². The Balaban J connectivity index is 1.74. The van der Waals surface area contributed by atoms with Crippen molar-refractivity contribution in [1.82, 2.24) is 10.1 Å². The molecule has 0 saturated heterocycles. The molecule has 1 aliphatic heterocycles. The Kier molecular flexibility index (Phi) is 4.01. The van der Waals surface area contributed by atoms with Crippen LogP contribution in [0, 0.1) is 6.92 Å². The van der Waals surface area contributed by atoms with Gasteiger partial charge in [-0.1, -0.05) is 18.2 Å². The molecule has 23 heavy (non-hydrogen) atoms. The third-order valence-electron chi connectivity index (χ3n) is 3.73. The van der Waals surface area contributed by atoms with Crippen molar-refractivity contribution >= 4 is 17.5 Å². The molecule has 1 N–H and O–H groups in total. The number of carbonyl (C=O) groups is 2. The molecule has 1 aromatic heterocycles. The van der Waals surface area contributed by atoms with Gasteiger partial charge in [0.25, 0.3) is 11.8 Å². The topological polar surface area (TPSA) is 84.7 Å². The number of hydrogen-bond acceptors (Lipinski definition) is 5. The quantitative estimate of drug-likeness (QED) is 0.932. The average Bonchev–Trinajstić information content (AvgIpc) is 2.91. The maximum absolute atomic E-state index is 12.5. The van der Waals surface area contributed by atoms with Crippen LogP contribution in [0.1, 0.15) is 18.2 Å². The second-order valence-corrected chi connectivity index (χ2v) is 5.41. The Morgan fingerprint density at radius 2 is 2.26 bits per heavy atom. The van der Waals surface area contributed by atoms with E-state index in [4.69, 9.17) is 9.26 Å². The molecule has 0 saturated carbocycles. The van der Waals surface area contributed by atoms with Gasteiger partial charge in [-0.3, -0.25) is 9.59 Å². The van der Waals surface area contributed by atoms with E-state index >= 15 is 0 Å². The van der Waals surface area contributed by atoms with E-state index in [0.29, 0.717) is 12.3 Å². The summed E-state index contributed by atoms with van der Waals surface area (Å²) in [6, 6.07) is 8.44. The number of ether oxygens (including phenoxy) is 1. The molecule has 1 aliphatic rings. The molecule has 0 radical (unpaired) electrons. The molecule has 3 rings (SSSR count). The summed E-state index contributed by atoms with van der Waals surface area (Å²) in [6.07, 6.45) is 0. The summed E-state index contributed by atoms with van der Waals surface area (Å²) in [6.45, 7) is 3.57. The standard InChI is InChI=1S/C16H17N3O4/c1-10-7-14(18-23-10)22-9-15(20)19-8-12-5-3-4-6-13(12)17-16(21)11(19)2/h3-7,11H,8-9H2,1-2H3,(H,17,21). The predicted molar refractivity (Wildman–Crippen MR) is 81.8 cm³/mol. The minimum absolute atomic E-state index is 0.203. The van der Waals surface area contributed by atoms with Gasteiger partial charge in [0.05, 0.1) is 0 Å². The van der Waals surface area contributed by atoms with Crippen molar-refractivity contribution in [2.75, 3.05) is 11.9 Å². The molecule has 0 fully saturated rings. The second kappa shape index (κ2) is 6.12. The molecule has 0 aliphatic carbocycles. The van der Waals surface area contributed by atoms with Crippen LogP contribution in [0.3, 0.4) is 0 Å². The zero-order valence-corrected chi connectivity index (χ0v) is 12.9. The lowest BCUT2D eigenvalue weighted by Gasteiger charge is -2.25. The van der Waals surface area contributed by atoms with Crippen molar-refractivity contribution in [1.29, 1.82) is 0 Å². The van der Waals surface area contributed by atoms with Gasteiger partial charge in [-0.25, -0.2) is 0 Å². The third-order valence-corrected chi connectivity index (χ3v) is 3.73. The van der Waals surface area contributed by atoms with Crippen LogP contribution in [0.15, 0.2) is 34.9 Å². The molecule has 0 spiro atoms. The number of aryl methyl sites for hydroxylation is 1. The molecular formula is C16H17N3O4. The van der Waals surface area contributed by atoms with Crippen molar-refractivity contribution < 1.29 is 18.8 Å². The van der Waals surface area contributed by atoms with Crippen molar-refractivity contribution in [2.24, 2.45) is 0 Å². The first-order valence-corrected chi connectivity index (χ1v) is 7.29. The number of para-hydroxylation sites is 1. The van der Waals surface area contributed by atoms with E-state index in [1.165, 1.54) is 4.90 Å².